The lowest BCUT2D eigenvalue weighted by molar-refractivity contribution is -0.115. The van der Waals surface area contributed by atoms with Crippen LogP contribution in [0.2, 0.25) is 0 Å². The molecule has 94 valence electrons. The summed E-state index contributed by atoms with van der Waals surface area (Å²) in [6.07, 6.45) is 0. The molecule has 1 aromatic heterocycles. The molecular formula is C12H10BrClN2OS. The van der Waals surface area contributed by atoms with Gasteiger partial charge in [0.1, 0.15) is 0 Å². The predicted molar refractivity (Wildman–Crippen MR) is 78.6 cm³/mol. The molecule has 0 fully saturated rings. The molecule has 0 aliphatic carbocycles. The SMILES string of the molecule is CC(=O)N(c1ccc(Br)cc1)c1nc(CCl)cs1. The first kappa shape index (κ1) is 13.5. The zero-order valence-electron chi connectivity index (χ0n) is 9.56. The summed E-state index contributed by atoms with van der Waals surface area (Å²) >= 11 is 10.5. The van der Waals surface area contributed by atoms with Crippen LogP contribution in [0.1, 0.15) is 12.6 Å². The number of amides is 1. The van der Waals surface area contributed by atoms with Crippen molar-refractivity contribution < 1.29 is 4.79 Å². The topological polar surface area (TPSA) is 33.2 Å². The standard InChI is InChI=1S/C12H10BrClN2OS/c1-8(17)16(11-4-2-9(13)3-5-11)12-15-10(6-14)7-18-12/h2-5,7H,6H2,1H3. The number of halogens is 2. The molecule has 0 aliphatic heterocycles. The molecule has 18 heavy (non-hydrogen) atoms. The second kappa shape index (κ2) is 5.82. The van der Waals surface area contributed by atoms with Gasteiger partial charge in [-0.15, -0.1) is 22.9 Å². The lowest BCUT2D eigenvalue weighted by atomic mass is 10.3. The molecule has 0 saturated carbocycles. The van der Waals surface area contributed by atoms with Crippen LogP contribution >= 0.6 is 38.9 Å². The third-order valence-electron chi connectivity index (χ3n) is 2.27. The lowest BCUT2D eigenvalue weighted by Gasteiger charge is -2.17. The number of hydrogen-bond donors (Lipinski definition) is 0. The van der Waals surface area contributed by atoms with Crippen LogP contribution in [-0.2, 0) is 10.7 Å². The molecule has 0 bridgehead atoms. The molecule has 0 saturated heterocycles. The molecule has 2 rings (SSSR count). The van der Waals surface area contributed by atoms with E-state index in [2.05, 4.69) is 20.9 Å². The van der Waals surface area contributed by atoms with Crippen molar-refractivity contribution >= 4 is 55.6 Å². The van der Waals surface area contributed by atoms with Crippen LogP contribution in [0.25, 0.3) is 0 Å². The van der Waals surface area contributed by atoms with E-state index in [-0.39, 0.29) is 5.91 Å². The maximum absolute atomic E-state index is 11.8. The van der Waals surface area contributed by atoms with Crippen LogP contribution in [0.5, 0.6) is 0 Å². The van der Waals surface area contributed by atoms with Crippen LogP contribution in [-0.4, -0.2) is 10.9 Å². The Morgan fingerprint density at radius 3 is 2.61 bits per heavy atom. The Hall–Kier alpha value is -0.910. The molecule has 0 unspecified atom stereocenters. The summed E-state index contributed by atoms with van der Waals surface area (Å²) < 4.78 is 0.968. The molecule has 0 radical (unpaired) electrons. The highest BCUT2D eigenvalue weighted by Gasteiger charge is 2.17. The van der Waals surface area contributed by atoms with Crippen molar-refractivity contribution in [1.29, 1.82) is 0 Å². The molecule has 0 spiro atoms. The highest BCUT2D eigenvalue weighted by Crippen LogP contribution is 2.30. The van der Waals surface area contributed by atoms with Crippen molar-refractivity contribution in [3.05, 3.63) is 39.8 Å². The summed E-state index contributed by atoms with van der Waals surface area (Å²) in [7, 11) is 0. The highest BCUT2D eigenvalue weighted by atomic mass is 79.9. The summed E-state index contributed by atoms with van der Waals surface area (Å²) in [5.41, 5.74) is 1.57. The number of nitrogens with zero attached hydrogens (tertiary/aromatic N) is 2. The van der Waals surface area contributed by atoms with Crippen molar-refractivity contribution in [3.8, 4) is 0 Å². The minimum atomic E-state index is -0.0761. The van der Waals surface area contributed by atoms with Gasteiger partial charge in [-0.1, -0.05) is 15.9 Å². The van der Waals surface area contributed by atoms with Gasteiger partial charge in [-0.3, -0.25) is 9.69 Å². The Balaban J connectivity index is 2.39. The third-order valence-corrected chi connectivity index (χ3v) is 3.94. The third kappa shape index (κ3) is 2.91. The van der Waals surface area contributed by atoms with E-state index in [9.17, 15) is 4.79 Å². The first-order valence-corrected chi connectivity index (χ1v) is 7.39. The van der Waals surface area contributed by atoms with Gasteiger partial charge in [-0.05, 0) is 24.3 Å². The first-order chi connectivity index (χ1) is 8.61. The fraction of sp³-hybridized carbons (Fsp3) is 0.167. The maximum Gasteiger partial charge on any atom is 0.230 e. The van der Waals surface area contributed by atoms with E-state index in [4.69, 9.17) is 11.6 Å². The lowest BCUT2D eigenvalue weighted by Crippen LogP contribution is -2.22. The summed E-state index contributed by atoms with van der Waals surface area (Å²) in [6.45, 7) is 1.52. The first-order valence-electron chi connectivity index (χ1n) is 5.18. The number of carbonyl (C=O) groups is 1. The van der Waals surface area contributed by atoms with Gasteiger partial charge in [0.05, 0.1) is 17.3 Å². The number of hydrogen-bond acceptors (Lipinski definition) is 3. The molecule has 0 aliphatic rings. The minimum absolute atomic E-state index is 0.0761. The van der Waals surface area contributed by atoms with Gasteiger partial charge >= 0.3 is 0 Å². The smallest absolute Gasteiger partial charge is 0.230 e. The monoisotopic (exact) mass is 344 g/mol. The molecule has 3 nitrogen and oxygen atoms in total. The molecule has 2 aromatic rings. The normalized spacial score (nSPS) is 10.4. The average molecular weight is 346 g/mol. The van der Waals surface area contributed by atoms with Crippen molar-refractivity contribution in [2.45, 2.75) is 12.8 Å². The Bertz CT molecular complexity index is 555. The van der Waals surface area contributed by atoms with Crippen LogP contribution < -0.4 is 4.90 Å². The van der Waals surface area contributed by atoms with E-state index >= 15 is 0 Å². The molecule has 1 aromatic carbocycles. The van der Waals surface area contributed by atoms with Gasteiger partial charge < -0.3 is 0 Å². The Kier molecular flexibility index (Phi) is 4.37. The zero-order valence-corrected chi connectivity index (χ0v) is 12.7. The number of alkyl halides is 1. The predicted octanol–water partition coefficient (Wildman–Crippen LogP) is 4.33. The number of benzene rings is 1. The van der Waals surface area contributed by atoms with Crippen molar-refractivity contribution in [3.63, 3.8) is 0 Å². The number of thiazole rings is 1. The fourth-order valence-electron chi connectivity index (χ4n) is 1.48. The molecule has 0 atom stereocenters. The van der Waals surface area contributed by atoms with Crippen LogP contribution in [0.15, 0.2) is 34.1 Å². The number of anilines is 2. The van der Waals surface area contributed by atoms with Gasteiger partial charge in [-0.25, -0.2) is 4.98 Å². The largest absolute Gasteiger partial charge is 0.274 e. The molecule has 0 N–H and O–H groups in total. The van der Waals surface area contributed by atoms with Gasteiger partial charge in [0.15, 0.2) is 5.13 Å². The Labute approximate surface area is 123 Å². The fourth-order valence-corrected chi connectivity index (χ4v) is 2.86. The molecule has 6 heteroatoms. The number of rotatable bonds is 3. The van der Waals surface area contributed by atoms with Crippen LogP contribution in [0.3, 0.4) is 0 Å². The molecule has 1 heterocycles. The van der Waals surface area contributed by atoms with Gasteiger partial charge in [-0.2, -0.15) is 0 Å². The van der Waals surface area contributed by atoms with E-state index in [0.717, 1.165) is 15.9 Å². The highest BCUT2D eigenvalue weighted by molar-refractivity contribution is 9.10. The van der Waals surface area contributed by atoms with Crippen molar-refractivity contribution in [1.82, 2.24) is 4.98 Å². The molecular weight excluding hydrogens is 336 g/mol. The second-order valence-corrected chi connectivity index (χ2v) is 5.61. The average Bonchev–Trinajstić information content (AvgIpc) is 2.80. The van der Waals surface area contributed by atoms with Crippen LogP contribution in [0.4, 0.5) is 10.8 Å². The number of carbonyl (C=O) groups excluding carboxylic acids is 1. The van der Waals surface area contributed by atoms with Crippen molar-refractivity contribution in [2.75, 3.05) is 4.90 Å². The van der Waals surface area contributed by atoms with Gasteiger partial charge in [0.2, 0.25) is 5.91 Å². The summed E-state index contributed by atoms with van der Waals surface area (Å²) in [5.74, 6) is 0.274. The van der Waals surface area contributed by atoms with Gasteiger partial charge in [0, 0.05) is 16.8 Å². The van der Waals surface area contributed by atoms with Crippen molar-refractivity contribution in [2.24, 2.45) is 0 Å². The van der Waals surface area contributed by atoms with E-state index in [1.165, 1.54) is 18.3 Å². The second-order valence-electron chi connectivity index (χ2n) is 3.59. The minimum Gasteiger partial charge on any atom is -0.274 e. The summed E-state index contributed by atoms with van der Waals surface area (Å²) in [6, 6.07) is 7.52. The summed E-state index contributed by atoms with van der Waals surface area (Å²) in [4.78, 5) is 17.7. The molecule has 1 amide bonds. The van der Waals surface area contributed by atoms with E-state index < -0.39 is 0 Å². The quantitative estimate of drug-likeness (QED) is 0.776. The maximum atomic E-state index is 11.8. The van der Waals surface area contributed by atoms with E-state index in [1.54, 1.807) is 4.90 Å². The Morgan fingerprint density at radius 1 is 1.44 bits per heavy atom. The van der Waals surface area contributed by atoms with E-state index in [0.29, 0.717) is 11.0 Å². The number of aromatic nitrogens is 1. The van der Waals surface area contributed by atoms with Crippen LogP contribution in [0, 0.1) is 0 Å². The summed E-state index contributed by atoms with van der Waals surface area (Å²) in [5, 5.41) is 2.50. The Morgan fingerprint density at radius 2 is 2.11 bits per heavy atom. The van der Waals surface area contributed by atoms with E-state index in [1.807, 2.05) is 29.6 Å². The van der Waals surface area contributed by atoms with Gasteiger partial charge in [0.25, 0.3) is 0 Å². The zero-order chi connectivity index (χ0) is 13.1.